The van der Waals surface area contributed by atoms with Crippen molar-refractivity contribution in [2.45, 2.75) is 70.9 Å². The Morgan fingerprint density at radius 3 is 2.32 bits per heavy atom. The minimum Gasteiger partial charge on any atom is -0.496 e. The van der Waals surface area contributed by atoms with E-state index in [4.69, 9.17) is 15.2 Å². The van der Waals surface area contributed by atoms with Gasteiger partial charge in [0.2, 0.25) is 5.96 Å². The molecule has 1 aromatic carbocycles. The summed E-state index contributed by atoms with van der Waals surface area (Å²) in [5, 5.41) is 9.48. The van der Waals surface area contributed by atoms with Crippen LogP contribution >= 0.6 is 0 Å². The number of benzene rings is 1. The highest BCUT2D eigenvalue weighted by Gasteiger charge is 2.29. The van der Waals surface area contributed by atoms with Gasteiger partial charge in [0.25, 0.3) is 10.0 Å². The number of nitrogens with one attached hydrogen (secondary N) is 1. The normalized spacial score (nSPS) is 13.2. The van der Waals surface area contributed by atoms with E-state index < -0.39 is 33.7 Å². The lowest BCUT2D eigenvalue weighted by Gasteiger charge is -2.28. The SMILES string of the molecule is COc1cc(C)c(S(=O)(=O)NC(N)=NCCC[C@H](C(=O)O)N(C)C(=O)OC(C)(C)C)c(C)c1C. The molecule has 0 fully saturated rings. The smallest absolute Gasteiger partial charge is 0.410 e. The van der Waals surface area contributed by atoms with Crippen LogP contribution in [0.25, 0.3) is 0 Å². The van der Waals surface area contributed by atoms with Gasteiger partial charge in [-0.3, -0.25) is 9.89 Å². The van der Waals surface area contributed by atoms with Crippen LogP contribution in [0.5, 0.6) is 5.75 Å². The molecule has 0 unspecified atom stereocenters. The van der Waals surface area contributed by atoms with E-state index in [1.807, 2.05) is 0 Å². The third-order valence-electron chi connectivity index (χ3n) is 5.06. The second-order valence-electron chi connectivity index (χ2n) is 8.93. The first-order chi connectivity index (χ1) is 15.5. The number of sulfonamides is 1. The number of ether oxygens (including phenoxy) is 2. The van der Waals surface area contributed by atoms with Crippen molar-refractivity contribution < 1.29 is 32.6 Å². The van der Waals surface area contributed by atoms with E-state index >= 15 is 0 Å². The summed E-state index contributed by atoms with van der Waals surface area (Å²) in [4.78, 5) is 28.9. The minimum absolute atomic E-state index is 0.0555. The Bertz CT molecular complexity index is 1050. The van der Waals surface area contributed by atoms with Gasteiger partial charge in [-0.2, -0.15) is 0 Å². The minimum atomic E-state index is -4.00. The van der Waals surface area contributed by atoms with E-state index in [-0.39, 0.29) is 30.2 Å². The molecule has 0 spiro atoms. The number of nitrogens with zero attached hydrogens (tertiary/aromatic N) is 2. The third-order valence-corrected chi connectivity index (χ3v) is 6.70. The highest BCUT2D eigenvalue weighted by molar-refractivity contribution is 7.90. The molecule has 0 aromatic heterocycles. The van der Waals surface area contributed by atoms with E-state index in [0.29, 0.717) is 22.4 Å². The Kier molecular flexibility index (Phi) is 9.73. The fraction of sp³-hybridized carbons (Fsp3) is 0.591. The summed E-state index contributed by atoms with van der Waals surface area (Å²) >= 11 is 0. The number of carboxylic acid groups (broad SMARTS) is 1. The van der Waals surface area contributed by atoms with Crippen LogP contribution in [-0.2, 0) is 19.6 Å². The summed E-state index contributed by atoms with van der Waals surface area (Å²) in [6.45, 7) is 10.2. The van der Waals surface area contributed by atoms with Crippen LogP contribution in [0.1, 0.15) is 50.3 Å². The largest absolute Gasteiger partial charge is 0.496 e. The Morgan fingerprint density at radius 2 is 1.82 bits per heavy atom. The number of carboxylic acids is 1. The number of aliphatic imine (C=N–C) groups is 1. The van der Waals surface area contributed by atoms with Gasteiger partial charge in [0.1, 0.15) is 17.4 Å². The van der Waals surface area contributed by atoms with Crippen molar-refractivity contribution >= 4 is 28.0 Å². The van der Waals surface area contributed by atoms with E-state index in [2.05, 4.69) is 9.71 Å². The topological polar surface area (TPSA) is 161 Å². The number of aryl methyl sites for hydroxylation is 1. The number of methoxy groups -OCH3 is 1. The summed E-state index contributed by atoms with van der Waals surface area (Å²) < 4.78 is 38.5. The zero-order valence-electron chi connectivity index (χ0n) is 21.1. The molecule has 1 rings (SSSR count). The first kappa shape index (κ1) is 29.0. The maximum Gasteiger partial charge on any atom is 0.410 e. The fourth-order valence-corrected chi connectivity index (χ4v) is 4.78. The molecule has 34 heavy (non-hydrogen) atoms. The highest BCUT2D eigenvalue weighted by Crippen LogP contribution is 2.30. The van der Waals surface area contributed by atoms with E-state index in [1.165, 1.54) is 14.2 Å². The van der Waals surface area contributed by atoms with Crippen LogP contribution in [-0.4, -0.2) is 68.8 Å². The summed E-state index contributed by atoms with van der Waals surface area (Å²) in [6.07, 6.45) is -0.437. The first-order valence-corrected chi connectivity index (χ1v) is 12.2. The van der Waals surface area contributed by atoms with E-state index in [0.717, 1.165) is 4.90 Å². The second-order valence-corrected chi connectivity index (χ2v) is 10.6. The highest BCUT2D eigenvalue weighted by atomic mass is 32.2. The Balaban J connectivity index is 2.86. The van der Waals surface area contributed by atoms with Crippen LogP contribution in [0, 0.1) is 20.8 Å². The molecule has 1 aromatic rings. The number of guanidine groups is 1. The average molecular weight is 501 g/mol. The van der Waals surface area contributed by atoms with Gasteiger partial charge < -0.3 is 20.3 Å². The molecular weight excluding hydrogens is 464 g/mol. The zero-order valence-corrected chi connectivity index (χ0v) is 21.9. The van der Waals surface area contributed by atoms with Gasteiger partial charge >= 0.3 is 12.1 Å². The van der Waals surface area contributed by atoms with Gasteiger partial charge in [-0.15, -0.1) is 0 Å². The lowest BCUT2D eigenvalue weighted by Crippen LogP contribution is -2.45. The number of hydrogen-bond donors (Lipinski definition) is 3. The number of hydrogen-bond acceptors (Lipinski definition) is 7. The number of aliphatic carboxylic acids is 1. The second kappa shape index (κ2) is 11.4. The predicted octanol–water partition coefficient (Wildman–Crippen LogP) is 2.31. The van der Waals surface area contributed by atoms with Crippen LogP contribution in [0.2, 0.25) is 0 Å². The van der Waals surface area contributed by atoms with Crippen molar-refractivity contribution in [3.63, 3.8) is 0 Å². The first-order valence-electron chi connectivity index (χ1n) is 10.7. The molecule has 0 aliphatic heterocycles. The molecule has 0 bridgehead atoms. The van der Waals surface area contributed by atoms with Gasteiger partial charge in [0.15, 0.2) is 0 Å². The Hall–Kier alpha value is -3.02. The van der Waals surface area contributed by atoms with Crippen molar-refractivity contribution in [2.75, 3.05) is 20.7 Å². The average Bonchev–Trinajstić information content (AvgIpc) is 2.68. The number of carbonyl (C=O) groups excluding carboxylic acids is 1. The fourth-order valence-electron chi connectivity index (χ4n) is 3.30. The van der Waals surface area contributed by atoms with Crippen LogP contribution < -0.4 is 15.2 Å². The van der Waals surface area contributed by atoms with Gasteiger partial charge in [-0.1, -0.05) is 0 Å². The molecule has 12 heteroatoms. The van der Waals surface area contributed by atoms with Crippen molar-refractivity contribution in [1.82, 2.24) is 9.62 Å². The molecular formula is C22H36N4O7S. The molecule has 0 aliphatic carbocycles. The lowest BCUT2D eigenvalue weighted by atomic mass is 10.1. The molecule has 0 radical (unpaired) electrons. The van der Waals surface area contributed by atoms with Gasteiger partial charge in [-0.05, 0) is 77.1 Å². The zero-order chi connectivity index (χ0) is 26.4. The predicted molar refractivity (Wildman–Crippen MR) is 129 cm³/mol. The number of likely N-dealkylation sites (N-methyl/N-ethyl adjacent to an activating group) is 1. The van der Waals surface area contributed by atoms with Crippen molar-refractivity contribution in [2.24, 2.45) is 10.7 Å². The van der Waals surface area contributed by atoms with Crippen molar-refractivity contribution in [3.05, 3.63) is 22.8 Å². The third kappa shape index (κ3) is 7.79. The van der Waals surface area contributed by atoms with Crippen LogP contribution in [0.15, 0.2) is 16.0 Å². The molecule has 0 aliphatic rings. The van der Waals surface area contributed by atoms with Crippen LogP contribution in [0.3, 0.4) is 0 Å². The summed E-state index contributed by atoms with van der Waals surface area (Å²) in [5.74, 6) is -0.925. The summed E-state index contributed by atoms with van der Waals surface area (Å²) in [7, 11) is -1.14. The van der Waals surface area contributed by atoms with E-state index in [1.54, 1.807) is 47.6 Å². The monoisotopic (exact) mass is 500 g/mol. The summed E-state index contributed by atoms with van der Waals surface area (Å²) in [6, 6.07) is 0.507. The maximum atomic E-state index is 12.9. The standard InChI is InChI=1S/C22H36N4O7S/c1-13-12-17(32-8)14(2)15(3)18(13)34(30,31)25-20(23)24-11-9-10-16(19(27)28)26(7)21(29)33-22(4,5)6/h12,16H,9-11H2,1-8H3,(H,27,28)(H3,23,24,25)/t16-/m1/s1. The van der Waals surface area contributed by atoms with Gasteiger partial charge in [0.05, 0.1) is 12.0 Å². The number of carbonyl (C=O) groups is 2. The molecule has 4 N–H and O–H groups in total. The Labute approximate surface area is 201 Å². The molecule has 1 atom stereocenters. The number of amides is 1. The Morgan fingerprint density at radius 1 is 1.24 bits per heavy atom. The van der Waals surface area contributed by atoms with Crippen molar-refractivity contribution in [1.29, 1.82) is 0 Å². The quantitative estimate of drug-likeness (QED) is 0.264. The van der Waals surface area contributed by atoms with Gasteiger partial charge in [-0.25, -0.2) is 22.7 Å². The maximum absolute atomic E-state index is 12.9. The molecule has 0 saturated heterocycles. The molecule has 0 saturated carbocycles. The number of rotatable bonds is 9. The van der Waals surface area contributed by atoms with Crippen molar-refractivity contribution in [3.8, 4) is 5.75 Å². The molecule has 192 valence electrons. The van der Waals surface area contributed by atoms with Gasteiger partial charge in [0, 0.05) is 13.6 Å². The molecule has 0 heterocycles. The lowest BCUT2D eigenvalue weighted by molar-refractivity contribution is -0.142. The number of nitrogens with two attached hydrogens (primary N) is 1. The molecule has 1 amide bonds. The van der Waals surface area contributed by atoms with E-state index in [9.17, 15) is 23.1 Å². The molecule has 11 nitrogen and oxygen atoms in total. The van der Waals surface area contributed by atoms with Crippen LogP contribution in [0.4, 0.5) is 4.79 Å². The summed E-state index contributed by atoms with van der Waals surface area (Å²) in [5.41, 5.74) is 6.74.